The zero-order valence-electron chi connectivity index (χ0n) is 10.3. The SMILES string of the molecule is CCOC(=O)C1(C)O[C@@H]2CCCC[C@H]2NC1=O. The van der Waals surface area contributed by atoms with E-state index in [4.69, 9.17) is 9.47 Å². The van der Waals surface area contributed by atoms with Crippen LogP contribution in [0, 0.1) is 0 Å². The predicted molar refractivity (Wildman–Crippen MR) is 60.3 cm³/mol. The molecule has 1 unspecified atom stereocenters. The molecule has 0 radical (unpaired) electrons. The molecular formula is C12H19NO4. The van der Waals surface area contributed by atoms with E-state index in [0.717, 1.165) is 25.7 Å². The van der Waals surface area contributed by atoms with Crippen LogP contribution in [0.1, 0.15) is 39.5 Å². The Morgan fingerprint density at radius 2 is 2.24 bits per heavy atom. The van der Waals surface area contributed by atoms with Gasteiger partial charge in [0.2, 0.25) is 5.60 Å². The molecule has 0 spiro atoms. The van der Waals surface area contributed by atoms with Gasteiger partial charge in [-0.2, -0.15) is 0 Å². The van der Waals surface area contributed by atoms with Crippen molar-refractivity contribution in [3.05, 3.63) is 0 Å². The van der Waals surface area contributed by atoms with Crippen LogP contribution in [0.5, 0.6) is 0 Å². The maximum absolute atomic E-state index is 12.0. The zero-order chi connectivity index (χ0) is 12.5. The number of hydrogen-bond acceptors (Lipinski definition) is 4. The second kappa shape index (κ2) is 4.64. The van der Waals surface area contributed by atoms with Crippen LogP contribution in [0.2, 0.25) is 0 Å². The highest BCUT2D eigenvalue weighted by Gasteiger charge is 2.51. The summed E-state index contributed by atoms with van der Waals surface area (Å²) in [5, 5.41) is 2.88. The molecule has 2 rings (SSSR count). The number of amides is 1. The van der Waals surface area contributed by atoms with E-state index in [-0.39, 0.29) is 24.7 Å². The van der Waals surface area contributed by atoms with Crippen molar-refractivity contribution in [2.75, 3.05) is 6.61 Å². The third kappa shape index (κ3) is 2.16. The first-order valence-corrected chi connectivity index (χ1v) is 6.24. The van der Waals surface area contributed by atoms with E-state index in [0.29, 0.717) is 0 Å². The molecule has 0 aromatic carbocycles. The van der Waals surface area contributed by atoms with Gasteiger partial charge in [-0.05, 0) is 26.7 Å². The molecule has 1 aliphatic carbocycles. The maximum Gasteiger partial charge on any atom is 0.348 e. The average Bonchev–Trinajstić information content (AvgIpc) is 2.31. The summed E-state index contributed by atoms with van der Waals surface area (Å²) in [6.07, 6.45) is 3.93. The van der Waals surface area contributed by atoms with Crippen molar-refractivity contribution < 1.29 is 19.1 Å². The Bertz CT molecular complexity index is 330. The van der Waals surface area contributed by atoms with E-state index in [1.807, 2.05) is 0 Å². The fourth-order valence-corrected chi connectivity index (χ4v) is 2.48. The van der Waals surface area contributed by atoms with Crippen LogP contribution >= 0.6 is 0 Å². The molecule has 1 amide bonds. The van der Waals surface area contributed by atoms with Gasteiger partial charge in [0, 0.05) is 0 Å². The van der Waals surface area contributed by atoms with Crippen molar-refractivity contribution >= 4 is 11.9 Å². The Morgan fingerprint density at radius 3 is 2.94 bits per heavy atom. The molecule has 0 bridgehead atoms. The molecule has 17 heavy (non-hydrogen) atoms. The van der Waals surface area contributed by atoms with Gasteiger partial charge >= 0.3 is 5.97 Å². The Balaban J connectivity index is 2.13. The Hall–Kier alpha value is -1.10. The van der Waals surface area contributed by atoms with Crippen molar-refractivity contribution in [3.8, 4) is 0 Å². The second-order valence-corrected chi connectivity index (χ2v) is 4.77. The van der Waals surface area contributed by atoms with Crippen molar-refractivity contribution in [2.24, 2.45) is 0 Å². The summed E-state index contributed by atoms with van der Waals surface area (Å²) in [6.45, 7) is 3.45. The number of morpholine rings is 1. The zero-order valence-corrected chi connectivity index (χ0v) is 10.3. The molecule has 0 aromatic rings. The summed E-state index contributed by atoms with van der Waals surface area (Å²) >= 11 is 0. The summed E-state index contributed by atoms with van der Waals surface area (Å²) in [5.74, 6) is -0.972. The topological polar surface area (TPSA) is 64.6 Å². The van der Waals surface area contributed by atoms with Crippen LogP contribution in [-0.4, -0.2) is 36.2 Å². The fourth-order valence-electron chi connectivity index (χ4n) is 2.48. The molecular weight excluding hydrogens is 222 g/mol. The van der Waals surface area contributed by atoms with Gasteiger partial charge in [0.05, 0.1) is 18.8 Å². The summed E-state index contributed by atoms with van der Waals surface area (Å²) in [5.41, 5.74) is -1.48. The van der Waals surface area contributed by atoms with Crippen LogP contribution in [-0.2, 0) is 19.1 Å². The monoisotopic (exact) mass is 241 g/mol. The minimum atomic E-state index is -1.48. The number of esters is 1. The highest BCUT2D eigenvalue weighted by atomic mass is 16.6. The van der Waals surface area contributed by atoms with Crippen LogP contribution in [0.3, 0.4) is 0 Å². The highest BCUT2D eigenvalue weighted by Crippen LogP contribution is 2.30. The van der Waals surface area contributed by atoms with Crippen LogP contribution in [0.4, 0.5) is 0 Å². The predicted octanol–water partition coefficient (Wildman–Crippen LogP) is 0.766. The molecule has 1 N–H and O–H groups in total. The highest BCUT2D eigenvalue weighted by molar-refractivity contribution is 6.06. The second-order valence-electron chi connectivity index (χ2n) is 4.77. The maximum atomic E-state index is 12.0. The summed E-state index contributed by atoms with van der Waals surface area (Å²) < 4.78 is 10.6. The van der Waals surface area contributed by atoms with E-state index in [9.17, 15) is 9.59 Å². The molecule has 1 aliphatic heterocycles. The first-order valence-electron chi connectivity index (χ1n) is 6.24. The molecule has 96 valence electrons. The van der Waals surface area contributed by atoms with E-state index in [1.54, 1.807) is 6.92 Å². The molecule has 5 nitrogen and oxygen atoms in total. The summed E-state index contributed by atoms with van der Waals surface area (Å²) in [6, 6.07) is 0.0544. The quantitative estimate of drug-likeness (QED) is 0.573. The largest absolute Gasteiger partial charge is 0.463 e. The Kier molecular flexibility index (Phi) is 3.38. The van der Waals surface area contributed by atoms with E-state index in [1.165, 1.54) is 6.92 Å². The van der Waals surface area contributed by atoms with E-state index < -0.39 is 11.6 Å². The third-order valence-electron chi connectivity index (χ3n) is 3.50. The van der Waals surface area contributed by atoms with Gasteiger partial charge in [0.15, 0.2) is 0 Å². The molecule has 2 aliphatic rings. The van der Waals surface area contributed by atoms with Gasteiger partial charge in [-0.25, -0.2) is 4.79 Å². The first-order chi connectivity index (χ1) is 8.08. The Morgan fingerprint density at radius 1 is 1.53 bits per heavy atom. The summed E-state index contributed by atoms with van der Waals surface area (Å²) in [7, 11) is 0. The third-order valence-corrected chi connectivity index (χ3v) is 3.50. The molecule has 2 fully saturated rings. The number of ether oxygens (including phenoxy) is 2. The lowest BCUT2D eigenvalue weighted by molar-refractivity contribution is -0.195. The van der Waals surface area contributed by atoms with Crippen molar-refractivity contribution in [3.63, 3.8) is 0 Å². The fraction of sp³-hybridized carbons (Fsp3) is 0.833. The van der Waals surface area contributed by atoms with E-state index >= 15 is 0 Å². The minimum Gasteiger partial charge on any atom is -0.463 e. The standard InChI is InChI=1S/C12H19NO4/c1-3-16-11(15)12(2)10(14)13-8-6-4-5-7-9(8)17-12/h8-9H,3-7H2,1-2H3,(H,13,14)/t8-,9-,12?/m1/s1. The lowest BCUT2D eigenvalue weighted by Gasteiger charge is -2.43. The first kappa shape index (κ1) is 12.4. The number of nitrogens with one attached hydrogen (secondary N) is 1. The van der Waals surface area contributed by atoms with Gasteiger partial charge < -0.3 is 14.8 Å². The number of hydrogen-bond donors (Lipinski definition) is 1. The van der Waals surface area contributed by atoms with Crippen molar-refractivity contribution in [2.45, 2.75) is 57.3 Å². The molecule has 1 saturated heterocycles. The van der Waals surface area contributed by atoms with E-state index in [2.05, 4.69) is 5.32 Å². The molecule has 1 heterocycles. The number of carbonyl (C=O) groups is 2. The van der Waals surface area contributed by atoms with Gasteiger partial charge in [0.25, 0.3) is 5.91 Å². The normalized spacial score (nSPS) is 36.9. The molecule has 3 atom stereocenters. The molecule has 1 saturated carbocycles. The average molecular weight is 241 g/mol. The number of rotatable bonds is 2. The lowest BCUT2D eigenvalue weighted by atomic mass is 9.88. The number of fused-ring (bicyclic) bond motifs is 1. The van der Waals surface area contributed by atoms with Crippen molar-refractivity contribution in [1.82, 2.24) is 5.32 Å². The van der Waals surface area contributed by atoms with Crippen molar-refractivity contribution in [1.29, 1.82) is 0 Å². The van der Waals surface area contributed by atoms with Gasteiger partial charge in [-0.1, -0.05) is 12.8 Å². The summed E-state index contributed by atoms with van der Waals surface area (Å²) in [4.78, 5) is 23.7. The molecule has 0 aromatic heterocycles. The Labute approximate surface area is 101 Å². The van der Waals surface area contributed by atoms with Gasteiger partial charge in [-0.3, -0.25) is 4.79 Å². The van der Waals surface area contributed by atoms with Gasteiger partial charge in [-0.15, -0.1) is 0 Å². The smallest absolute Gasteiger partial charge is 0.348 e. The minimum absolute atomic E-state index is 0.0544. The van der Waals surface area contributed by atoms with Crippen LogP contribution in [0.15, 0.2) is 0 Å². The molecule has 5 heteroatoms. The number of carbonyl (C=O) groups excluding carboxylic acids is 2. The van der Waals surface area contributed by atoms with Crippen LogP contribution in [0.25, 0.3) is 0 Å². The van der Waals surface area contributed by atoms with Crippen LogP contribution < -0.4 is 5.32 Å². The lowest BCUT2D eigenvalue weighted by Crippen LogP contribution is -2.65. The van der Waals surface area contributed by atoms with Gasteiger partial charge in [0.1, 0.15) is 0 Å².